The van der Waals surface area contributed by atoms with E-state index in [4.69, 9.17) is 56.9 Å². The topological polar surface area (TPSA) is 107 Å². The monoisotopic (exact) mass is 616 g/mol. The van der Waals surface area contributed by atoms with Gasteiger partial charge in [0.25, 0.3) is 0 Å². The highest BCUT2D eigenvalue weighted by Gasteiger charge is 2.73. The zero-order valence-corrected chi connectivity index (χ0v) is 23.6. The highest BCUT2D eigenvalue weighted by molar-refractivity contribution is 6.42. The molecule has 11 heteroatoms. The number of nitrogens with zero attached hydrogens (tertiary/aromatic N) is 1. The number of hydrogen-bond acceptors (Lipinski definition) is 5. The van der Waals surface area contributed by atoms with Gasteiger partial charge in [0.2, 0.25) is 17.7 Å². The molecule has 7 rings (SSSR count). The number of carbonyl (C=O) groups excluding carboxylic acids is 4. The number of ether oxygens (including phenoxy) is 1. The standard InChI is InChI=1S/C29H20Cl4N2O5/c30-19-10-9-14(11-20(19)31)13-40-27(39)21(12-22(34)36)35-25(37)23-24(26(35)38)29(33)16-6-2-1-5-15(16)28(23,32)17-7-3-4-8-18(17)29/h1-11,21,23-24H,12-13H2,(H2,34,36)/t21-,23-,24-,28?,29?/m1/s1. The maximum Gasteiger partial charge on any atom is 0.330 e. The largest absolute Gasteiger partial charge is 0.459 e. The van der Waals surface area contributed by atoms with Gasteiger partial charge in [-0.1, -0.05) is 77.8 Å². The Morgan fingerprint density at radius 2 is 1.30 bits per heavy atom. The number of amides is 3. The van der Waals surface area contributed by atoms with Crippen molar-refractivity contribution in [2.24, 2.45) is 17.6 Å². The molecule has 3 aromatic rings. The second-order valence-electron chi connectivity index (χ2n) is 10.1. The number of benzene rings is 3. The lowest BCUT2D eigenvalue weighted by Crippen LogP contribution is -2.57. The molecular formula is C29H20Cl4N2O5. The van der Waals surface area contributed by atoms with Crippen LogP contribution in [0.15, 0.2) is 66.7 Å². The van der Waals surface area contributed by atoms with E-state index in [1.54, 1.807) is 54.6 Å². The molecule has 3 amide bonds. The smallest absolute Gasteiger partial charge is 0.330 e. The van der Waals surface area contributed by atoms with Crippen LogP contribution in [0.5, 0.6) is 0 Å². The fourth-order valence-electron chi connectivity index (χ4n) is 6.35. The third-order valence-electron chi connectivity index (χ3n) is 7.96. The minimum absolute atomic E-state index is 0.246. The molecule has 0 saturated carbocycles. The van der Waals surface area contributed by atoms with E-state index < -0.39 is 57.7 Å². The molecule has 1 heterocycles. The molecule has 0 spiro atoms. The van der Waals surface area contributed by atoms with Gasteiger partial charge in [-0.25, -0.2) is 4.79 Å². The van der Waals surface area contributed by atoms with Gasteiger partial charge in [-0.15, -0.1) is 23.2 Å². The molecule has 0 aromatic heterocycles. The summed E-state index contributed by atoms with van der Waals surface area (Å²) in [6.45, 7) is -0.246. The van der Waals surface area contributed by atoms with Gasteiger partial charge >= 0.3 is 5.97 Å². The van der Waals surface area contributed by atoms with Crippen LogP contribution in [0.1, 0.15) is 34.2 Å². The molecule has 204 valence electrons. The van der Waals surface area contributed by atoms with Crippen molar-refractivity contribution in [2.75, 3.05) is 0 Å². The lowest BCUT2D eigenvalue weighted by Gasteiger charge is -2.54. The van der Waals surface area contributed by atoms with Crippen molar-refractivity contribution in [3.63, 3.8) is 0 Å². The third kappa shape index (κ3) is 3.64. The number of alkyl halides is 2. The van der Waals surface area contributed by atoms with Gasteiger partial charge in [-0.3, -0.25) is 19.3 Å². The quantitative estimate of drug-likeness (QED) is 0.241. The SMILES string of the molecule is NC(=O)C[C@H](C(=O)OCc1ccc(Cl)c(Cl)c1)N1C(=O)[C@H]2[C@H](C1=O)C1(Cl)c3ccccc3C2(Cl)c2ccccc21. The van der Waals surface area contributed by atoms with E-state index in [1.165, 1.54) is 12.1 Å². The minimum Gasteiger partial charge on any atom is -0.459 e. The molecule has 0 unspecified atom stereocenters. The summed E-state index contributed by atoms with van der Waals surface area (Å²) in [6.07, 6.45) is -0.637. The molecule has 3 aromatic carbocycles. The lowest BCUT2D eigenvalue weighted by molar-refractivity contribution is -0.160. The van der Waals surface area contributed by atoms with E-state index in [9.17, 15) is 19.2 Å². The van der Waals surface area contributed by atoms with Crippen LogP contribution in [0, 0.1) is 11.8 Å². The third-order valence-corrected chi connectivity index (χ3v) is 9.99. The lowest BCUT2D eigenvalue weighted by atomic mass is 9.54. The first-order chi connectivity index (χ1) is 19.0. The molecule has 1 aliphatic heterocycles. The summed E-state index contributed by atoms with van der Waals surface area (Å²) in [4.78, 5) is 51.6. The van der Waals surface area contributed by atoms with Crippen molar-refractivity contribution in [1.29, 1.82) is 0 Å². The Morgan fingerprint density at radius 1 is 0.825 bits per heavy atom. The first-order valence-corrected chi connectivity index (χ1v) is 13.9. The molecule has 1 saturated heterocycles. The zero-order chi connectivity index (χ0) is 28.6. The summed E-state index contributed by atoms with van der Waals surface area (Å²) in [5, 5.41) is 0.577. The fraction of sp³-hybridized carbons (Fsp3) is 0.241. The molecule has 2 bridgehead atoms. The maximum absolute atomic E-state index is 14.2. The first kappa shape index (κ1) is 27.1. The number of esters is 1. The van der Waals surface area contributed by atoms with Crippen LogP contribution >= 0.6 is 46.4 Å². The highest BCUT2D eigenvalue weighted by atomic mass is 35.5. The Hall–Kier alpha value is -3.10. The number of carbonyl (C=O) groups is 4. The van der Waals surface area contributed by atoms with Gasteiger partial charge < -0.3 is 10.5 Å². The number of halogens is 4. The molecule has 1 fully saturated rings. The van der Waals surface area contributed by atoms with Gasteiger partial charge in [0, 0.05) is 0 Å². The van der Waals surface area contributed by atoms with Crippen LogP contribution in [-0.4, -0.2) is 34.6 Å². The molecular weight excluding hydrogens is 598 g/mol. The summed E-state index contributed by atoms with van der Waals surface area (Å²) in [5.41, 5.74) is 8.42. The Labute approximate surface area is 249 Å². The summed E-state index contributed by atoms with van der Waals surface area (Å²) in [6, 6.07) is 17.4. The first-order valence-electron chi connectivity index (χ1n) is 12.3. The van der Waals surface area contributed by atoms with Crippen LogP contribution in [0.3, 0.4) is 0 Å². The van der Waals surface area contributed by atoms with Crippen molar-refractivity contribution < 1.29 is 23.9 Å². The Balaban J connectivity index is 1.41. The minimum atomic E-state index is -1.61. The van der Waals surface area contributed by atoms with E-state index in [1.807, 2.05) is 0 Å². The van der Waals surface area contributed by atoms with Gasteiger partial charge in [-0.2, -0.15) is 0 Å². The van der Waals surface area contributed by atoms with Crippen molar-refractivity contribution in [1.82, 2.24) is 4.90 Å². The van der Waals surface area contributed by atoms with Crippen LogP contribution in [-0.2, 0) is 40.3 Å². The van der Waals surface area contributed by atoms with Crippen LogP contribution in [0.25, 0.3) is 0 Å². The average Bonchev–Trinajstić information content (AvgIpc) is 3.21. The van der Waals surface area contributed by atoms with E-state index in [0.717, 1.165) is 4.90 Å². The average molecular weight is 618 g/mol. The van der Waals surface area contributed by atoms with Crippen LogP contribution in [0.4, 0.5) is 0 Å². The molecule has 2 N–H and O–H groups in total. The van der Waals surface area contributed by atoms with E-state index in [0.29, 0.717) is 32.8 Å². The predicted molar refractivity (Wildman–Crippen MR) is 149 cm³/mol. The zero-order valence-electron chi connectivity index (χ0n) is 20.6. The summed E-state index contributed by atoms with van der Waals surface area (Å²) in [5.74, 6) is -5.61. The summed E-state index contributed by atoms with van der Waals surface area (Å²) < 4.78 is 5.43. The van der Waals surface area contributed by atoms with Gasteiger partial charge in [-0.05, 0) is 39.9 Å². The number of rotatable bonds is 6. The normalized spacial score (nSPS) is 26.6. The van der Waals surface area contributed by atoms with Crippen molar-refractivity contribution in [3.8, 4) is 0 Å². The van der Waals surface area contributed by atoms with Gasteiger partial charge in [0.15, 0.2) is 0 Å². The summed E-state index contributed by atoms with van der Waals surface area (Å²) >= 11 is 26.8. The van der Waals surface area contributed by atoms with E-state index in [-0.39, 0.29) is 11.6 Å². The second-order valence-corrected chi connectivity index (χ2v) is 12.1. The van der Waals surface area contributed by atoms with Crippen LogP contribution in [0.2, 0.25) is 10.0 Å². The highest BCUT2D eigenvalue weighted by Crippen LogP contribution is 2.69. The molecule has 3 aliphatic carbocycles. The van der Waals surface area contributed by atoms with Crippen molar-refractivity contribution in [2.45, 2.75) is 28.8 Å². The van der Waals surface area contributed by atoms with Gasteiger partial charge in [0.1, 0.15) is 22.4 Å². The fourth-order valence-corrected chi connectivity index (χ4v) is 7.77. The Morgan fingerprint density at radius 3 is 1.73 bits per heavy atom. The molecule has 3 atom stereocenters. The molecule has 4 aliphatic rings. The van der Waals surface area contributed by atoms with Crippen molar-refractivity contribution in [3.05, 3.63) is 105 Å². The predicted octanol–water partition coefficient (Wildman–Crippen LogP) is 4.87. The van der Waals surface area contributed by atoms with E-state index >= 15 is 0 Å². The molecule has 0 radical (unpaired) electrons. The van der Waals surface area contributed by atoms with Crippen molar-refractivity contribution >= 4 is 70.1 Å². The summed E-state index contributed by atoms with van der Waals surface area (Å²) in [7, 11) is 0. The Bertz CT molecular complexity index is 1500. The van der Waals surface area contributed by atoms with Gasteiger partial charge in [0.05, 0.1) is 28.3 Å². The molecule has 7 nitrogen and oxygen atoms in total. The number of primary amides is 1. The van der Waals surface area contributed by atoms with E-state index in [2.05, 4.69) is 0 Å². The van der Waals surface area contributed by atoms with Crippen LogP contribution < -0.4 is 5.73 Å². The Kier molecular flexibility index (Phi) is 6.42. The number of nitrogens with two attached hydrogens (primary N) is 1. The second kappa shape index (κ2) is 9.48. The molecule has 40 heavy (non-hydrogen) atoms. The number of hydrogen-bond donors (Lipinski definition) is 1. The number of likely N-dealkylation sites (tertiary alicyclic amines) is 1. The maximum atomic E-state index is 14.2. The number of imide groups is 1.